The maximum absolute atomic E-state index is 12.7. The predicted octanol–water partition coefficient (Wildman–Crippen LogP) is 4.60. The summed E-state index contributed by atoms with van der Waals surface area (Å²) >= 11 is 3.97. The van der Waals surface area contributed by atoms with E-state index < -0.39 is 0 Å². The van der Waals surface area contributed by atoms with E-state index in [2.05, 4.69) is 22.0 Å². The standard InChI is InChI=1S/C23H27BrN2O3/c24-23-12-17-9-18(13-23)11-22(10-17,16-23)14-21(28)29-15-20(27)26(8-4-7-25)19-5-2-1-3-6-19/h1-3,5-6,17-18H,4,8-16H2. The first kappa shape index (κ1) is 20.4. The van der Waals surface area contributed by atoms with Gasteiger partial charge >= 0.3 is 5.97 Å². The number of para-hydroxylation sites is 1. The summed E-state index contributed by atoms with van der Waals surface area (Å²) in [6.45, 7) is 0.0118. The first-order chi connectivity index (χ1) is 13.9. The van der Waals surface area contributed by atoms with Crippen molar-refractivity contribution >= 4 is 33.5 Å². The Kier molecular flexibility index (Phi) is 5.70. The van der Waals surface area contributed by atoms with Crippen molar-refractivity contribution in [3.8, 4) is 6.07 Å². The number of anilines is 1. The molecule has 1 amide bonds. The molecule has 5 rings (SSSR count). The Morgan fingerprint density at radius 2 is 1.86 bits per heavy atom. The van der Waals surface area contributed by atoms with Gasteiger partial charge in [0.05, 0.1) is 18.9 Å². The van der Waals surface area contributed by atoms with E-state index in [1.807, 2.05) is 30.3 Å². The number of nitrogens with zero attached hydrogens (tertiary/aromatic N) is 2. The first-order valence-corrected chi connectivity index (χ1v) is 11.3. The Hall–Kier alpha value is -1.87. The van der Waals surface area contributed by atoms with E-state index in [0.717, 1.165) is 19.3 Å². The minimum absolute atomic E-state index is 0.0354. The van der Waals surface area contributed by atoms with Crippen LogP contribution in [0.25, 0.3) is 0 Å². The number of carbonyl (C=O) groups excluding carboxylic acids is 2. The average Bonchev–Trinajstić information content (AvgIpc) is 2.65. The zero-order valence-corrected chi connectivity index (χ0v) is 18.2. The van der Waals surface area contributed by atoms with Gasteiger partial charge in [-0.3, -0.25) is 9.59 Å². The summed E-state index contributed by atoms with van der Waals surface area (Å²) in [5.74, 6) is 0.862. The van der Waals surface area contributed by atoms with Crippen LogP contribution in [0.5, 0.6) is 0 Å². The third-order valence-corrected chi connectivity index (χ3v) is 7.73. The maximum Gasteiger partial charge on any atom is 0.306 e. The Balaban J connectivity index is 1.35. The van der Waals surface area contributed by atoms with E-state index in [9.17, 15) is 9.59 Å². The van der Waals surface area contributed by atoms with Gasteiger partial charge in [-0.15, -0.1) is 0 Å². The zero-order chi connectivity index (χ0) is 20.5. The normalized spacial score (nSPS) is 31.9. The molecule has 4 saturated carbocycles. The van der Waals surface area contributed by atoms with Crippen molar-refractivity contribution in [1.29, 1.82) is 5.26 Å². The number of rotatable bonds is 7. The Morgan fingerprint density at radius 3 is 2.48 bits per heavy atom. The van der Waals surface area contributed by atoms with Gasteiger partial charge in [0.2, 0.25) is 0 Å². The van der Waals surface area contributed by atoms with Gasteiger partial charge in [0.15, 0.2) is 6.61 Å². The second-order valence-corrected chi connectivity index (χ2v) is 10.9. The number of hydrogen-bond acceptors (Lipinski definition) is 4. The van der Waals surface area contributed by atoms with E-state index >= 15 is 0 Å². The molecule has 6 heteroatoms. The molecule has 2 atom stereocenters. The van der Waals surface area contributed by atoms with Crippen molar-refractivity contribution in [2.75, 3.05) is 18.1 Å². The third kappa shape index (κ3) is 4.50. The largest absolute Gasteiger partial charge is 0.456 e. The first-order valence-electron chi connectivity index (χ1n) is 10.5. The smallest absolute Gasteiger partial charge is 0.306 e. The van der Waals surface area contributed by atoms with Crippen LogP contribution in [0.3, 0.4) is 0 Å². The summed E-state index contributed by atoms with van der Waals surface area (Å²) in [4.78, 5) is 26.9. The quantitative estimate of drug-likeness (QED) is 0.442. The van der Waals surface area contributed by atoms with Crippen LogP contribution >= 0.6 is 15.9 Å². The molecule has 154 valence electrons. The topological polar surface area (TPSA) is 70.4 Å². The number of alkyl halides is 1. The number of amides is 1. The van der Waals surface area contributed by atoms with Gasteiger partial charge in [0.1, 0.15) is 0 Å². The summed E-state index contributed by atoms with van der Waals surface area (Å²) in [7, 11) is 0. The summed E-state index contributed by atoms with van der Waals surface area (Å²) < 4.78 is 5.63. The predicted molar refractivity (Wildman–Crippen MR) is 113 cm³/mol. The Labute approximate surface area is 180 Å². The van der Waals surface area contributed by atoms with Crippen molar-refractivity contribution in [3.05, 3.63) is 30.3 Å². The average molecular weight is 459 g/mol. The SMILES string of the molecule is N#CCCN(C(=O)COC(=O)CC12CC3CC(CC(Br)(C3)C1)C2)c1ccccc1. The molecule has 1 aromatic carbocycles. The number of esters is 1. The lowest BCUT2D eigenvalue weighted by atomic mass is 9.49. The molecule has 0 aliphatic heterocycles. The van der Waals surface area contributed by atoms with Crippen molar-refractivity contribution in [2.24, 2.45) is 17.3 Å². The van der Waals surface area contributed by atoms with Gasteiger partial charge < -0.3 is 9.64 Å². The van der Waals surface area contributed by atoms with Crippen LogP contribution in [0.1, 0.15) is 51.4 Å². The molecule has 0 saturated heterocycles. The molecule has 1 aromatic rings. The monoisotopic (exact) mass is 458 g/mol. The number of hydrogen-bond donors (Lipinski definition) is 0. The van der Waals surface area contributed by atoms with E-state index in [4.69, 9.17) is 10.00 Å². The summed E-state index contributed by atoms with van der Waals surface area (Å²) in [5, 5.41) is 8.90. The lowest BCUT2D eigenvalue weighted by molar-refractivity contribution is -0.154. The van der Waals surface area contributed by atoms with Crippen molar-refractivity contribution < 1.29 is 14.3 Å². The van der Waals surface area contributed by atoms with E-state index in [1.54, 1.807) is 0 Å². The van der Waals surface area contributed by atoms with Crippen LogP contribution in [-0.4, -0.2) is 29.4 Å². The van der Waals surface area contributed by atoms with Crippen LogP contribution in [-0.2, 0) is 14.3 Å². The lowest BCUT2D eigenvalue weighted by Crippen LogP contribution is -2.53. The molecule has 4 aliphatic carbocycles. The highest BCUT2D eigenvalue weighted by atomic mass is 79.9. The van der Waals surface area contributed by atoms with Crippen LogP contribution in [0, 0.1) is 28.6 Å². The Morgan fingerprint density at radius 1 is 1.17 bits per heavy atom. The molecule has 4 fully saturated rings. The van der Waals surface area contributed by atoms with Gasteiger partial charge in [-0.2, -0.15) is 5.26 Å². The van der Waals surface area contributed by atoms with E-state index in [-0.39, 0.29) is 41.2 Å². The van der Waals surface area contributed by atoms with E-state index in [0.29, 0.717) is 23.9 Å². The fraction of sp³-hybridized carbons (Fsp3) is 0.609. The number of carbonyl (C=O) groups is 2. The molecule has 4 aliphatic rings. The second kappa shape index (κ2) is 8.10. The van der Waals surface area contributed by atoms with Crippen LogP contribution in [0.15, 0.2) is 30.3 Å². The molecule has 29 heavy (non-hydrogen) atoms. The third-order valence-electron chi connectivity index (χ3n) is 6.80. The summed E-state index contributed by atoms with van der Waals surface area (Å²) in [6.07, 6.45) is 7.64. The van der Waals surface area contributed by atoms with Gasteiger partial charge in [-0.1, -0.05) is 34.1 Å². The maximum atomic E-state index is 12.7. The van der Waals surface area contributed by atoms with Crippen molar-refractivity contribution in [3.63, 3.8) is 0 Å². The highest BCUT2D eigenvalue weighted by Gasteiger charge is 2.57. The highest BCUT2D eigenvalue weighted by molar-refractivity contribution is 9.10. The highest BCUT2D eigenvalue weighted by Crippen LogP contribution is 2.65. The molecule has 0 radical (unpaired) electrons. The summed E-state index contributed by atoms with van der Waals surface area (Å²) in [6, 6.07) is 11.3. The number of benzene rings is 1. The van der Waals surface area contributed by atoms with Crippen LogP contribution < -0.4 is 4.90 Å². The molecule has 0 spiro atoms. The molecular formula is C23H27BrN2O3. The van der Waals surface area contributed by atoms with Gasteiger partial charge in [-0.05, 0) is 67.9 Å². The van der Waals surface area contributed by atoms with Gasteiger partial charge in [0, 0.05) is 16.6 Å². The van der Waals surface area contributed by atoms with Crippen molar-refractivity contribution in [2.45, 2.75) is 55.7 Å². The van der Waals surface area contributed by atoms with Gasteiger partial charge in [-0.25, -0.2) is 0 Å². The molecular weight excluding hydrogens is 432 g/mol. The van der Waals surface area contributed by atoms with Crippen LogP contribution in [0.4, 0.5) is 5.69 Å². The minimum Gasteiger partial charge on any atom is -0.456 e. The second-order valence-electron chi connectivity index (χ2n) is 9.24. The molecule has 4 bridgehead atoms. The van der Waals surface area contributed by atoms with Crippen molar-refractivity contribution in [1.82, 2.24) is 0 Å². The zero-order valence-electron chi connectivity index (χ0n) is 16.6. The fourth-order valence-electron chi connectivity index (χ4n) is 6.29. The fourth-order valence-corrected chi connectivity index (χ4v) is 7.80. The lowest BCUT2D eigenvalue weighted by Gasteiger charge is -2.60. The van der Waals surface area contributed by atoms with Gasteiger partial charge in [0.25, 0.3) is 5.91 Å². The number of nitriles is 1. The molecule has 0 aromatic heterocycles. The number of ether oxygens (including phenoxy) is 1. The Bertz CT molecular complexity index is 805. The number of halogens is 1. The molecule has 5 nitrogen and oxygen atoms in total. The minimum atomic E-state index is -0.290. The van der Waals surface area contributed by atoms with E-state index in [1.165, 1.54) is 24.2 Å². The molecule has 0 N–H and O–H groups in total. The molecule has 0 heterocycles. The van der Waals surface area contributed by atoms with Crippen LogP contribution in [0.2, 0.25) is 0 Å². The summed E-state index contributed by atoms with van der Waals surface area (Å²) in [5.41, 5.74) is 0.749. The molecule has 2 unspecified atom stereocenters.